The summed E-state index contributed by atoms with van der Waals surface area (Å²) in [6.07, 6.45) is 1.75. The molecule has 1 aliphatic carbocycles. The van der Waals surface area contributed by atoms with Gasteiger partial charge >= 0.3 is 5.97 Å². The maximum atomic E-state index is 12.9. The van der Waals surface area contributed by atoms with E-state index in [2.05, 4.69) is 0 Å². The minimum Gasteiger partial charge on any atom is -0.465 e. The molecule has 0 aromatic heterocycles. The Bertz CT molecular complexity index is 482. The molecule has 4 nitrogen and oxygen atoms in total. The van der Waals surface area contributed by atoms with E-state index in [1.807, 2.05) is 0 Å². The molecule has 1 fully saturated rings. The number of esters is 1. The second-order valence-electron chi connectivity index (χ2n) is 4.90. The van der Waals surface area contributed by atoms with Crippen molar-refractivity contribution in [3.63, 3.8) is 0 Å². The number of benzene rings is 1. The lowest BCUT2D eigenvalue weighted by molar-refractivity contribution is -0.149. The zero-order valence-corrected chi connectivity index (χ0v) is 11.5. The van der Waals surface area contributed by atoms with Crippen LogP contribution in [0.4, 0.5) is 4.39 Å². The van der Waals surface area contributed by atoms with Crippen LogP contribution < -0.4 is 0 Å². The molecule has 0 atom stereocenters. The Hall–Kier alpha value is -1.91. The number of ether oxygens (including phenoxy) is 1. The van der Waals surface area contributed by atoms with Crippen molar-refractivity contribution >= 4 is 11.9 Å². The Morgan fingerprint density at radius 1 is 1.30 bits per heavy atom. The lowest BCUT2D eigenvalue weighted by Crippen LogP contribution is -2.37. The Labute approximate surface area is 117 Å². The molecule has 1 aliphatic rings. The van der Waals surface area contributed by atoms with E-state index in [0.717, 1.165) is 18.4 Å². The number of amides is 1. The highest BCUT2D eigenvalue weighted by Gasteiger charge is 2.34. The van der Waals surface area contributed by atoms with Gasteiger partial charge in [-0.05, 0) is 37.5 Å². The van der Waals surface area contributed by atoms with Crippen molar-refractivity contribution < 1.29 is 18.7 Å². The molecule has 0 spiro atoms. The average molecular weight is 279 g/mol. The first-order valence-corrected chi connectivity index (χ1v) is 6.79. The second-order valence-corrected chi connectivity index (χ2v) is 4.90. The summed E-state index contributed by atoms with van der Waals surface area (Å²) >= 11 is 0. The molecule has 0 saturated heterocycles. The summed E-state index contributed by atoms with van der Waals surface area (Å²) in [7, 11) is 0. The monoisotopic (exact) mass is 279 g/mol. The SMILES string of the molecule is CCOC(=O)CN(Cc1ccc(F)cc1)C(=O)C1CC1. The van der Waals surface area contributed by atoms with Crippen LogP contribution in [0.5, 0.6) is 0 Å². The number of nitrogens with zero attached hydrogens (tertiary/aromatic N) is 1. The summed E-state index contributed by atoms with van der Waals surface area (Å²) in [5, 5.41) is 0. The Morgan fingerprint density at radius 2 is 1.95 bits per heavy atom. The van der Waals surface area contributed by atoms with Crippen molar-refractivity contribution in [3.8, 4) is 0 Å². The molecule has 0 heterocycles. The van der Waals surface area contributed by atoms with Crippen molar-refractivity contribution in [2.24, 2.45) is 5.92 Å². The number of hydrogen-bond acceptors (Lipinski definition) is 3. The van der Waals surface area contributed by atoms with Gasteiger partial charge in [-0.2, -0.15) is 0 Å². The van der Waals surface area contributed by atoms with Gasteiger partial charge in [0.25, 0.3) is 0 Å². The van der Waals surface area contributed by atoms with Gasteiger partial charge in [0.2, 0.25) is 5.91 Å². The number of halogens is 1. The first-order chi connectivity index (χ1) is 9.60. The van der Waals surface area contributed by atoms with Crippen LogP contribution in [0.1, 0.15) is 25.3 Å². The van der Waals surface area contributed by atoms with E-state index in [0.29, 0.717) is 13.2 Å². The van der Waals surface area contributed by atoms with Gasteiger partial charge in [0.1, 0.15) is 12.4 Å². The van der Waals surface area contributed by atoms with E-state index in [1.54, 1.807) is 19.1 Å². The van der Waals surface area contributed by atoms with Crippen molar-refractivity contribution in [3.05, 3.63) is 35.6 Å². The molecule has 2 rings (SSSR count). The smallest absolute Gasteiger partial charge is 0.325 e. The van der Waals surface area contributed by atoms with Gasteiger partial charge in [-0.1, -0.05) is 12.1 Å². The third-order valence-electron chi connectivity index (χ3n) is 3.15. The summed E-state index contributed by atoms with van der Waals surface area (Å²) in [5.74, 6) is -0.727. The van der Waals surface area contributed by atoms with E-state index in [9.17, 15) is 14.0 Å². The van der Waals surface area contributed by atoms with Crippen LogP contribution in [0.2, 0.25) is 0 Å². The summed E-state index contributed by atoms with van der Waals surface area (Å²) < 4.78 is 17.8. The lowest BCUT2D eigenvalue weighted by Gasteiger charge is -2.21. The fraction of sp³-hybridized carbons (Fsp3) is 0.467. The highest BCUT2D eigenvalue weighted by Crippen LogP contribution is 2.31. The van der Waals surface area contributed by atoms with Crippen LogP contribution in [0.15, 0.2) is 24.3 Å². The molecule has 1 aromatic rings. The summed E-state index contributed by atoms with van der Waals surface area (Å²) in [4.78, 5) is 25.2. The number of hydrogen-bond donors (Lipinski definition) is 0. The number of carbonyl (C=O) groups is 2. The molecule has 0 radical (unpaired) electrons. The molecular weight excluding hydrogens is 261 g/mol. The second kappa shape index (κ2) is 6.50. The largest absolute Gasteiger partial charge is 0.465 e. The molecule has 0 bridgehead atoms. The minimum absolute atomic E-state index is 0.0256. The standard InChI is InChI=1S/C15H18FNO3/c1-2-20-14(18)10-17(15(19)12-5-6-12)9-11-3-7-13(16)8-4-11/h3-4,7-8,12H,2,5-6,9-10H2,1H3. The van der Waals surface area contributed by atoms with Gasteiger partial charge in [-0.3, -0.25) is 9.59 Å². The van der Waals surface area contributed by atoms with E-state index in [4.69, 9.17) is 4.74 Å². The molecule has 20 heavy (non-hydrogen) atoms. The lowest BCUT2D eigenvalue weighted by atomic mass is 10.2. The van der Waals surface area contributed by atoms with Crippen LogP contribution in [0.3, 0.4) is 0 Å². The Morgan fingerprint density at radius 3 is 2.50 bits per heavy atom. The quantitative estimate of drug-likeness (QED) is 0.749. The summed E-state index contributed by atoms with van der Waals surface area (Å²) in [6, 6.07) is 5.93. The van der Waals surface area contributed by atoms with Crippen LogP contribution in [-0.4, -0.2) is 29.9 Å². The van der Waals surface area contributed by atoms with Crippen molar-refractivity contribution in [1.29, 1.82) is 0 Å². The number of rotatable bonds is 6. The molecule has 1 amide bonds. The third kappa shape index (κ3) is 4.05. The zero-order valence-electron chi connectivity index (χ0n) is 11.5. The van der Waals surface area contributed by atoms with Crippen molar-refractivity contribution in [1.82, 2.24) is 4.90 Å². The van der Waals surface area contributed by atoms with Gasteiger partial charge in [0.05, 0.1) is 6.61 Å². The van der Waals surface area contributed by atoms with E-state index in [-0.39, 0.29) is 24.2 Å². The van der Waals surface area contributed by atoms with Gasteiger partial charge in [0, 0.05) is 12.5 Å². The van der Waals surface area contributed by atoms with Crippen LogP contribution in [0, 0.1) is 11.7 Å². The third-order valence-corrected chi connectivity index (χ3v) is 3.15. The van der Waals surface area contributed by atoms with E-state index in [1.165, 1.54) is 17.0 Å². The van der Waals surface area contributed by atoms with E-state index >= 15 is 0 Å². The predicted molar refractivity (Wildman–Crippen MR) is 71.2 cm³/mol. The maximum absolute atomic E-state index is 12.9. The molecule has 0 unspecified atom stereocenters. The van der Waals surface area contributed by atoms with Gasteiger partial charge in [0.15, 0.2) is 0 Å². The fourth-order valence-corrected chi connectivity index (χ4v) is 1.97. The minimum atomic E-state index is -0.413. The maximum Gasteiger partial charge on any atom is 0.325 e. The fourth-order valence-electron chi connectivity index (χ4n) is 1.97. The van der Waals surface area contributed by atoms with E-state index < -0.39 is 5.97 Å². The highest BCUT2D eigenvalue weighted by molar-refractivity contribution is 5.85. The van der Waals surface area contributed by atoms with Gasteiger partial charge in [-0.15, -0.1) is 0 Å². The molecule has 1 aromatic carbocycles. The van der Waals surface area contributed by atoms with Crippen molar-refractivity contribution in [2.75, 3.05) is 13.2 Å². The average Bonchev–Trinajstić information content (AvgIpc) is 3.24. The molecule has 1 saturated carbocycles. The molecule has 108 valence electrons. The van der Waals surface area contributed by atoms with Gasteiger partial charge < -0.3 is 9.64 Å². The predicted octanol–water partition coefficient (Wildman–Crippen LogP) is 2.13. The first-order valence-electron chi connectivity index (χ1n) is 6.79. The Balaban J connectivity index is 2.03. The molecule has 5 heteroatoms. The van der Waals surface area contributed by atoms with Crippen LogP contribution >= 0.6 is 0 Å². The molecular formula is C15H18FNO3. The molecule has 0 aliphatic heterocycles. The molecule has 0 N–H and O–H groups in total. The zero-order chi connectivity index (χ0) is 14.5. The van der Waals surface area contributed by atoms with Crippen LogP contribution in [-0.2, 0) is 20.9 Å². The highest BCUT2D eigenvalue weighted by atomic mass is 19.1. The Kier molecular flexibility index (Phi) is 4.71. The summed E-state index contributed by atoms with van der Waals surface area (Å²) in [6.45, 7) is 2.26. The van der Waals surface area contributed by atoms with Gasteiger partial charge in [-0.25, -0.2) is 4.39 Å². The van der Waals surface area contributed by atoms with Crippen LogP contribution in [0.25, 0.3) is 0 Å². The summed E-state index contributed by atoms with van der Waals surface area (Å²) in [5.41, 5.74) is 0.796. The van der Waals surface area contributed by atoms with Crippen molar-refractivity contribution in [2.45, 2.75) is 26.3 Å². The topological polar surface area (TPSA) is 46.6 Å². The number of carbonyl (C=O) groups excluding carboxylic acids is 2. The first kappa shape index (κ1) is 14.5. The normalized spacial score (nSPS) is 13.9.